The second kappa shape index (κ2) is 16.8. The van der Waals surface area contributed by atoms with Crippen molar-refractivity contribution in [2.24, 2.45) is 5.73 Å². The van der Waals surface area contributed by atoms with Gasteiger partial charge in [0.2, 0.25) is 0 Å². The van der Waals surface area contributed by atoms with Crippen molar-refractivity contribution in [3.05, 3.63) is 47.5 Å². The number of rotatable bonds is 18. The van der Waals surface area contributed by atoms with Crippen molar-refractivity contribution in [3.63, 3.8) is 0 Å². The van der Waals surface area contributed by atoms with E-state index in [2.05, 4.69) is 31.2 Å². The predicted octanol–water partition coefficient (Wildman–Crippen LogP) is 4.43. The molecule has 0 spiro atoms. The monoisotopic (exact) mass is 465 g/mol. The Balaban J connectivity index is 2.58. The predicted molar refractivity (Wildman–Crippen MR) is 131 cm³/mol. The summed E-state index contributed by atoms with van der Waals surface area (Å²) in [6, 6.07) is 7.58. The number of nitrogens with two attached hydrogens (primary N) is 1. The Morgan fingerprint density at radius 2 is 1.69 bits per heavy atom. The van der Waals surface area contributed by atoms with E-state index in [-0.39, 0.29) is 17.4 Å². The average molecular weight is 466 g/mol. The molecule has 1 aromatic carbocycles. The van der Waals surface area contributed by atoms with Crippen molar-refractivity contribution < 1.29 is 24.9 Å². The number of thioether (sulfide) groups is 1. The Labute approximate surface area is 196 Å². The fourth-order valence-electron chi connectivity index (χ4n) is 3.32. The van der Waals surface area contributed by atoms with Crippen molar-refractivity contribution in [2.75, 3.05) is 5.75 Å². The number of unbranched alkanes of at least 4 members (excludes halogenated alkanes) is 4. The standard InChI is InChI=1S/C25H39NO5S/c1-2-3-4-5-6-9-19-14-16-20(17-15-19)10-7-12-23(32-18-21(26)25(30)31)22(27)11-8-13-24(28)29/h7,12,14-17,21-23,27H,2-6,8-11,13,18,26H2,1H3,(H,28,29)(H,30,31)/b12-7+/t21?,22-,23+/m1/s1. The van der Waals surface area contributed by atoms with Crippen molar-refractivity contribution in [2.45, 2.75) is 88.5 Å². The number of hydrogen-bond acceptors (Lipinski definition) is 5. The van der Waals surface area contributed by atoms with E-state index in [9.17, 15) is 14.7 Å². The van der Waals surface area contributed by atoms with E-state index in [4.69, 9.17) is 15.9 Å². The first-order valence-corrected chi connectivity index (χ1v) is 12.6. The van der Waals surface area contributed by atoms with Crippen LogP contribution >= 0.6 is 11.8 Å². The van der Waals surface area contributed by atoms with Gasteiger partial charge in [-0.15, -0.1) is 11.8 Å². The summed E-state index contributed by atoms with van der Waals surface area (Å²) in [7, 11) is 0. The summed E-state index contributed by atoms with van der Waals surface area (Å²) >= 11 is 1.29. The second-order valence-electron chi connectivity index (χ2n) is 8.21. The molecule has 7 heteroatoms. The Morgan fingerprint density at radius 1 is 1.03 bits per heavy atom. The van der Waals surface area contributed by atoms with Crippen LogP contribution < -0.4 is 5.73 Å². The minimum atomic E-state index is -1.08. The van der Waals surface area contributed by atoms with Crippen LogP contribution in [0.15, 0.2) is 36.4 Å². The number of benzene rings is 1. The quantitative estimate of drug-likeness (QED) is 0.187. The van der Waals surface area contributed by atoms with Crippen molar-refractivity contribution in [1.29, 1.82) is 0 Å². The maximum absolute atomic E-state index is 11.0. The van der Waals surface area contributed by atoms with Crippen LogP contribution in [0.5, 0.6) is 0 Å². The molecule has 1 rings (SSSR count). The van der Waals surface area contributed by atoms with Gasteiger partial charge in [0.25, 0.3) is 0 Å². The number of carboxylic acid groups (broad SMARTS) is 2. The molecule has 0 aliphatic carbocycles. The first kappa shape index (κ1) is 28.2. The Bertz CT molecular complexity index is 692. The van der Waals surface area contributed by atoms with Crippen LogP contribution in [0, 0.1) is 0 Å². The maximum Gasteiger partial charge on any atom is 0.321 e. The summed E-state index contributed by atoms with van der Waals surface area (Å²) in [6.07, 6.45) is 12.0. The summed E-state index contributed by atoms with van der Waals surface area (Å²) < 4.78 is 0. The fraction of sp³-hybridized carbons (Fsp3) is 0.600. The van der Waals surface area contributed by atoms with Crippen LogP contribution in [0.4, 0.5) is 0 Å². The van der Waals surface area contributed by atoms with Gasteiger partial charge in [0, 0.05) is 17.4 Å². The number of aliphatic hydroxyl groups is 1. The van der Waals surface area contributed by atoms with Crippen LogP contribution in [-0.4, -0.2) is 50.4 Å². The molecule has 32 heavy (non-hydrogen) atoms. The number of aliphatic hydroxyl groups excluding tert-OH is 1. The zero-order valence-electron chi connectivity index (χ0n) is 19.1. The highest BCUT2D eigenvalue weighted by molar-refractivity contribution is 8.00. The van der Waals surface area contributed by atoms with Gasteiger partial charge >= 0.3 is 11.9 Å². The van der Waals surface area contributed by atoms with E-state index in [1.165, 1.54) is 55.0 Å². The minimum Gasteiger partial charge on any atom is -0.481 e. The second-order valence-corrected chi connectivity index (χ2v) is 9.42. The molecule has 5 N–H and O–H groups in total. The molecule has 1 unspecified atom stereocenters. The highest BCUT2D eigenvalue weighted by Crippen LogP contribution is 2.21. The zero-order chi connectivity index (χ0) is 23.8. The van der Waals surface area contributed by atoms with Gasteiger partial charge in [-0.05, 0) is 43.2 Å². The van der Waals surface area contributed by atoms with Crippen molar-refractivity contribution in [3.8, 4) is 0 Å². The van der Waals surface area contributed by atoms with E-state index < -0.39 is 24.1 Å². The lowest BCUT2D eigenvalue weighted by Gasteiger charge is -2.20. The minimum absolute atomic E-state index is 0.00223. The van der Waals surface area contributed by atoms with E-state index in [1.54, 1.807) is 0 Å². The summed E-state index contributed by atoms with van der Waals surface area (Å²) in [5.41, 5.74) is 8.11. The summed E-state index contributed by atoms with van der Waals surface area (Å²) in [4.78, 5) is 21.7. The van der Waals surface area contributed by atoms with Crippen LogP contribution in [0.2, 0.25) is 0 Å². The molecular weight excluding hydrogens is 426 g/mol. The number of aliphatic carboxylic acids is 2. The van der Waals surface area contributed by atoms with Crippen LogP contribution in [0.25, 0.3) is 0 Å². The number of aryl methyl sites for hydroxylation is 1. The molecule has 0 saturated carbocycles. The third kappa shape index (κ3) is 12.9. The van der Waals surface area contributed by atoms with E-state index in [0.29, 0.717) is 19.3 Å². The van der Waals surface area contributed by atoms with E-state index in [1.807, 2.05) is 12.2 Å². The van der Waals surface area contributed by atoms with Gasteiger partial charge < -0.3 is 21.1 Å². The molecule has 0 aromatic heterocycles. The third-order valence-corrected chi connectivity index (χ3v) is 6.73. The molecule has 0 radical (unpaired) electrons. The van der Waals surface area contributed by atoms with Gasteiger partial charge in [0.15, 0.2) is 0 Å². The Morgan fingerprint density at radius 3 is 2.31 bits per heavy atom. The summed E-state index contributed by atoms with van der Waals surface area (Å²) in [5, 5.41) is 27.9. The van der Waals surface area contributed by atoms with Gasteiger partial charge in [0.05, 0.1) is 6.10 Å². The molecular formula is C25H39NO5S. The molecule has 3 atom stereocenters. The van der Waals surface area contributed by atoms with Gasteiger partial charge in [0.1, 0.15) is 6.04 Å². The molecule has 0 aliphatic heterocycles. The highest BCUT2D eigenvalue weighted by atomic mass is 32.2. The molecule has 0 aliphatic rings. The Hall–Kier alpha value is -1.83. The molecule has 1 aromatic rings. The smallest absolute Gasteiger partial charge is 0.321 e. The first-order valence-electron chi connectivity index (χ1n) is 11.6. The maximum atomic E-state index is 11.0. The third-order valence-electron chi connectivity index (χ3n) is 5.33. The van der Waals surface area contributed by atoms with Gasteiger partial charge in [-0.3, -0.25) is 9.59 Å². The number of allylic oxidation sites excluding steroid dienone is 1. The fourth-order valence-corrected chi connectivity index (χ4v) is 4.47. The summed E-state index contributed by atoms with van der Waals surface area (Å²) in [6.45, 7) is 2.22. The van der Waals surface area contributed by atoms with E-state index >= 15 is 0 Å². The lowest BCUT2D eigenvalue weighted by molar-refractivity contribution is -0.138. The van der Waals surface area contributed by atoms with Gasteiger partial charge in [-0.25, -0.2) is 0 Å². The van der Waals surface area contributed by atoms with E-state index in [0.717, 1.165) is 6.42 Å². The van der Waals surface area contributed by atoms with Gasteiger partial charge in [-0.2, -0.15) is 0 Å². The lowest BCUT2D eigenvalue weighted by atomic mass is 10.0. The summed E-state index contributed by atoms with van der Waals surface area (Å²) in [5.74, 6) is -1.80. The molecule has 0 heterocycles. The van der Waals surface area contributed by atoms with Crippen LogP contribution in [-0.2, 0) is 22.4 Å². The average Bonchev–Trinajstić information content (AvgIpc) is 2.76. The molecule has 0 bridgehead atoms. The number of carboxylic acids is 2. The van der Waals surface area contributed by atoms with Crippen LogP contribution in [0.1, 0.15) is 69.4 Å². The number of hydrogen-bond donors (Lipinski definition) is 4. The zero-order valence-corrected chi connectivity index (χ0v) is 19.9. The Kier molecular flexibility index (Phi) is 14.8. The first-order chi connectivity index (χ1) is 15.3. The van der Waals surface area contributed by atoms with Crippen molar-refractivity contribution in [1.82, 2.24) is 0 Å². The molecule has 0 amide bonds. The van der Waals surface area contributed by atoms with Crippen LogP contribution in [0.3, 0.4) is 0 Å². The lowest BCUT2D eigenvalue weighted by Crippen LogP contribution is -2.34. The SMILES string of the molecule is CCCCCCCc1ccc(C/C=C/[C@H](SCC(N)C(=O)O)[C@H](O)CCCC(=O)O)cc1. The molecule has 180 valence electrons. The number of carbonyl (C=O) groups is 2. The molecule has 0 saturated heterocycles. The normalized spacial score (nSPS) is 14.3. The largest absolute Gasteiger partial charge is 0.481 e. The highest BCUT2D eigenvalue weighted by Gasteiger charge is 2.20. The molecule has 6 nitrogen and oxygen atoms in total. The van der Waals surface area contributed by atoms with Crippen molar-refractivity contribution >= 4 is 23.7 Å². The topological polar surface area (TPSA) is 121 Å². The molecule has 0 fully saturated rings. The van der Waals surface area contributed by atoms with Gasteiger partial charge in [-0.1, -0.05) is 69.0 Å².